The number of ether oxygens (including phenoxy) is 1. The average molecular weight is 325 g/mol. The molecule has 0 heterocycles. The molecule has 0 bridgehead atoms. The zero-order valence-corrected chi connectivity index (χ0v) is 13.1. The van der Waals surface area contributed by atoms with Gasteiger partial charge in [-0.15, -0.1) is 0 Å². The second kappa shape index (κ2) is 6.36. The Morgan fingerprint density at radius 2 is 2.05 bits per heavy atom. The van der Waals surface area contributed by atoms with Crippen LogP contribution in [0.4, 0.5) is 4.39 Å². The number of methoxy groups -OCH3 is 1. The lowest BCUT2D eigenvalue weighted by atomic mass is 10.1. The van der Waals surface area contributed by atoms with Crippen molar-refractivity contribution in [2.75, 3.05) is 13.7 Å². The first kappa shape index (κ1) is 17.3. The van der Waals surface area contributed by atoms with Crippen LogP contribution in [0, 0.1) is 5.82 Å². The number of nitrogens with one attached hydrogen (secondary N) is 1. The molecule has 0 saturated heterocycles. The van der Waals surface area contributed by atoms with Crippen LogP contribution in [-0.2, 0) is 21.3 Å². The van der Waals surface area contributed by atoms with E-state index in [0.29, 0.717) is 0 Å². The highest BCUT2D eigenvalue weighted by molar-refractivity contribution is 7.89. The highest BCUT2D eigenvalue weighted by Crippen LogP contribution is 2.23. The molecule has 0 aliphatic heterocycles. The minimum absolute atomic E-state index is 0.00422. The molecular weight excluding hydrogens is 307 g/mol. The van der Waals surface area contributed by atoms with E-state index in [-0.39, 0.29) is 23.7 Å². The molecule has 0 atom stereocenters. The molecule has 0 spiro atoms. The van der Waals surface area contributed by atoms with Crippen LogP contribution in [0.25, 0.3) is 0 Å². The second-order valence-corrected chi connectivity index (χ2v) is 7.04. The van der Waals surface area contributed by atoms with Crippen LogP contribution in [0.3, 0.4) is 0 Å². The van der Waals surface area contributed by atoms with Crippen molar-refractivity contribution >= 4 is 21.6 Å². The van der Waals surface area contributed by atoms with Crippen LogP contribution in [0.5, 0.6) is 0 Å². The largest absolute Gasteiger partial charge is 0.377 e. The predicted octanol–water partition coefficient (Wildman–Crippen LogP) is 1.64. The Balaban J connectivity index is 3.13. The van der Waals surface area contributed by atoms with Crippen LogP contribution in [0.15, 0.2) is 17.0 Å². The van der Waals surface area contributed by atoms with E-state index in [4.69, 9.17) is 22.1 Å². The van der Waals surface area contributed by atoms with Crippen LogP contribution in [0.1, 0.15) is 19.4 Å². The van der Waals surface area contributed by atoms with Crippen molar-refractivity contribution in [1.82, 2.24) is 4.72 Å². The third kappa shape index (κ3) is 4.13. The Hall–Kier alpha value is -0.730. The summed E-state index contributed by atoms with van der Waals surface area (Å²) in [5.41, 5.74) is 4.70. The van der Waals surface area contributed by atoms with E-state index in [2.05, 4.69) is 4.72 Å². The van der Waals surface area contributed by atoms with Gasteiger partial charge in [-0.25, -0.2) is 17.5 Å². The summed E-state index contributed by atoms with van der Waals surface area (Å²) in [4.78, 5) is -0.516. The first-order chi connectivity index (χ1) is 9.13. The zero-order valence-electron chi connectivity index (χ0n) is 11.5. The van der Waals surface area contributed by atoms with Crippen molar-refractivity contribution in [1.29, 1.82) is 0 Å². The topological polar surface area (TPSA) is 81.4 Å². The molecule has 8 heteroatoms. The average Bonchev–Trinajstić information content (AvgIpc) is 2.39. The summed E-state index contributed by atoms with van der Waals surface area (Å²) in [6.07, 6.45) is 0. The van der Waals surface area contributed by atoms with Gasteiger partial charge in [0.15, 0.2) is 0 Å². The third-order valence-corrected chi connectivity index (χ3v) is 4.45. The van der Waals surface area contributed by atoms with Gasteiger partial charge in [0, 0.05) is 30.8 Å². The molecule has 0 unspecified atom stereocenters. The summed E-state index contributed by atoms with van der Waals surface area (Å²) in [5.74, 6) is -0.889. The standard InChI is InChI=1S/C12H18ClFN2O3S/c1-12(2,19-3)7-16-20(17,18)10-5-9(13)4-8(6-15)11(10)14/h4-5,16H,6-7,15H2,1-3H3. The van der Waals surface area contributed by atoms with Crippen molar-refractivity contribution in [3.05, 3.63) is 28.5 Å². The van der Waals surface area contributed by atoms with Gasteiger partial charge >= 0.3 is 0 Å². The van der Waals surface area contributed by atoms with Gasteiger partial charge < -0.3 is 10.5 Å². The fourth-order valence-corrected chi connectivity index (χ4v) is 3.03. The van der Waals surface area contributed by atoms with E-state index in [1.165, 1.54) is 13.2 Å². The fourth-order valence-electron chi connectivity index (χ4n) is 1.38. The molecule has 0 saturated carbocycles. The van der Waals surface area contributed by atoms with Crippen molar-refractivity contribution in [3.63, 3.8) is 0 Å². The van der Waals surface area contributed by atoms with Crippen LogP contribution in [-0.4, -0.2) is 27.7 Å². The van der Waals surface area contributed by atoms with Crippen LogP contribution >= 0.6 is 11.6 Å². The Labute approximate surface area is 123 Å². The van der Waals surface area contributed by atoms with E-state index < -0.39 is 26.3 Å². The van der Waals surface area contributed by atoms with Gasteiger partial charge in [0.25, 0.3) is 0 Å². The molecule has 1 rings (SSSR count). The summed E-state index contributed by atoms with van der Waals surface area (Å²) < 4.78 is 45.7. The Morgan fingerprint density at radius 3 is 2.55 bits per heavy atom. The minimum Gasteiger partial charge on any atom is -0.377 e. The highest BCUT2D eigenvalue weighted by atomic mass is 35.5. The van der Waals surface area contributed by atoms with Gasteiger partial charge in [0.1, 0.15) is 10.7 Å². The number of benzene rings is 1. The molecular formula is C12H18ClFN2O3S. The molecule has 0 aliphatic rings. The first-order valence-corrected chi connectivity index (χ1v) is 7.72. The van der Waals surface area contributed by atoms with Crippen molar-refractivity contribution in [3.8, 4) is 0 Å². The lowest BCUT2D eigenvalue weighted by Crippen LogP contribution is -2.40. The first-order valence-electron chi connectivity index (χ1n) is 5.86. The normalized spacial score (nSPS) is 12.7. The summed E-state index contributed by atoms with van der Waals surface area (Å²) >= 11 is 5.79. The number of sulfonamides is 1. The van der Waals surface area contributed by atoms with E-state index in [9.17, 15) is 12.8 Å². The quantitative estimate of drug-likeness (QED) is 0.833. The zero-order chi connectivity index (χ0) is 15.6. The number of hydrogen-bond donors (Lipinski definition) is 2. The molecule has 0 amide bonds. The van der Waals surface area contributed by atoms with Crippen molar-refractivity contribution < 1.29 is 17.5 Å². The van der Waals surface area contributed by atoms with Gasteiger partial charge in [0.05, 0.1) is 5.60 Å². The SMILES string of the molecule is COC(C)(C)CNS(=O)(=O)c1cc(Cl)cc(CN)c1F. The fraction of sp³-hybridized carbons (Fsp3) is 0.500. The monoisotopic (exact) mass is 324 g/mol. The molecule has 5 nitrogen and oxygen atoms in total. The predicted molar refractivity (Wildman–Crippen MR) is 75.6 cm³/mol. The van der Waals surface area contributed by atoms with Gasteiger partial charge in [-0.05, 0) is 26.0 Å². The number of nitrogens with two attached hydrogens (primary N) is 1. The maximum absolute atomic E-state index is 14.1. The van der Waals surface area contributed by atoms with Crippen molar-refractivity contribution in [2.45, 2.75) is 30.9 Å². The Morgan fingerprint density at radius 1 is 1.45 bits per heavy atom. The van der Waals surface area contributed by atoms with E-state index in [0.717, 1.165) is 6.07 Å². The highest BCUT2D eigenvalue weighted by Gasteiger charge is 2.25. The molecule has 114 valence electrons. The maximum Gasteiger partial charge on any atom is 0.243 e. The molecule has 1 aromatic rings. The number of halogens is 2. The van der Waals surface area contributed by atoms with E-state index in [1.807, 2.05) is 0 Å². The van der Waals surface area contributed by atoms with Gasteiger partial charge in [-0.2, -0.15) is 0 Å². The summed E-state index contributed by atoms with van der Waals surface area (Å²) in [5, 5.41) is 0.109. The van der Waals surface area contributed by atoms with Crippen LogP contribution < -0.4 is 10.5 Å². The molecule has 20 heavy (non-hydrogen) atoms. The molecule has 0 fully saturated rings. The lowest BCUT2D eigenvalue weighted by molar-refractivity contribution is 0.0276. The third-order valence-electron chi connectivity index (χ3n) is 2.83. The molecule has 0 aliphatic carbocycles. The molecule has 3 N–H and O–H groups in total. The maximum atomic E-state index is 14.1. The van der Waals surface area contributed by atoms with E-state index in [1.54, 1.807) is 13.8 Å². The summed E-state index contributed by atoms with van der Waals surface area (Å²) in [6, 6.07) is 2.35. The second-order valence-electron chi connectivity index (χ2n) is 4.87. The van der Waals surface area contributed by atoms with Gasteiger partial charge in [-0.1, -0.05) is 11.6 Å². The van der Waals surface area contributed by atoms with Crippen molar-refractivity contribution in [2.24, 2.45) is 5.73 Å². The molecule has 1 aromatic carbocycles. The smallest absolute Gasteiger partial charge is 0.243 e. The van der Waals surface area contributed by atoms with E-state index >= 15 is 0 Å². The van der Waals surface area contributed by atoms with Gasteiger partial charge in [0.2, 0.25) is 10.0 Å². The minimum atomic E-state index is -4.03. The van der Waals surface area contributed by atoms with Crippen LogP contribution in [0.2, 0.25) is 5.02 Å². The molecule has 0 radical (unpaired) electrons. The number of rotatable bonds is 6. The lowest BCUT2D eigenvalue weighted by Gasteiger charge is -2.23. The Bertz CT molecular complexity index is 591. The van der Waals surface area contributed by atoms with Gasteiger partial charge in [-0.3, -0.25) is 0 Å². The summed E-state index contributed by atoms with van der Waals surface area (Å²) in [7, 11) is -2.58. The Kier molecular flexibility index (Phi) is 5.51. The summed E-state index contributed by atoms with van der Waals surface area (Å²) in [6.45, 7) is 3.26. The number of hydrogen-bond acceptors (Lipinski definition) is 4. The molecule has 0 aromatic heterocycles.